The monoisotopic (exact) mass is 255 g/mol. The van der Waals surface area contributed by atoms with Gasteiger partial charge in [0.2, 0.25) is 0 Å². The normalized spacial score (nSPS) is 14.9. The molecule has 0 unspecified atom stereocenters. The van der Waals surface area contributed by atoms with Crippen molar-refractivity contribution in [2.24, 2.45) is 5.92 Å². The molecule has 0 saturated heterocycles. The van der Waals surface area contributed by atoms with E-state index < -0.39 is 5.60 Å². The Balaban J connectivity index is 2.47. The van der Waals surface area contributed by atoms with E-state index in [1.165, 1.54) is 0 Å². The molecule has 3 heteroatoms. The molecule has 0 aliphatic carbocycles. The number of rotatable bonds is 6. The predicted octanol–water partition coefficient (Wildman–Crippen LogP) is 3.18. The summed E-state index contributed by atoms with van der Waals surface area (Å²) >= 11 is 5.83. The van der Waals surface area contributed by atoms with Crippen molar-refractivity contribution in [3.05, 3.63) is 34.9 Å². The Morgan fingerprint density at radius 3 is 2.41 bits per heavy atom. The van der Waals surface area contributed by atoms with E-state index in [4.69, 9.17) is 11.6 Å². The standard InChI is InChI=1S/C14H22ClNO/c1-11(2)10-16-9-8-14(3,17)12-4-6-13(15)7-5-12/h4-7,11,16-17H,8-10H2,1-3H3/t14-/m0/s1. The van der Waals surface area contributed by atoms with E-state index in [-0.39, 0.29) is 0 Å². The van der Waals surface area contributed by atoms with Crippen LogP contribution >= 0.6 is 11.6 Å². The van der Waals surface area contributed by atoms with Gasteiger partial charge < -0.3 is 10.4 Å². The zero-order valence-corrected chi connectivity index (χ0v) is 11.6. The minimum Gasteiger partial charge on any atom is -0.385 e. The van der Waals surface area contributed by atoms with Gasteiger partial charge in [-0.05, 0) is 50.0 Å². The molecule has 0 aliphatic rings. The van der Waals surface area contributed by atoms with Crippen molar-refractivity contribution in [1.82, 2.24) is 5.32 Å². The van der Waals surface area contributed by atoms with Crippen molar-refractivity contribution in [3.8, 4) is 0 Å². The lowest BCUT2D eigenvalue weighted by Crippen LogP contribution is -2.29. The third-order valence-corrected chi connectivity index (χ3v) is 3.06. The second-order valence-electron chi connectivity index (χ2n) is 5.13. The van der Waals surface area contributed by atoms with E-state index in [2.05, 4.69) is 19.2 Å². The van der Waals surface area contributed by atoms with Gasteiger partial charge in [0.1, 0.15) is 0 Å². The molecule has 0 aromatic heterocycles. The molecule has 0 amide bonds. The predicted molar refractivity (Wildman–Crippen MR) is 73.3 cm³/mol. The van der Waals surface area contributed by atoms with Gasteiger partial charge in [0.15, 0.2) is 0 Å². The molecule has 0 spiro atoms. The zero-order chi connectivity index (χ0) is 12.9. The number of nitrogens with one attached hydrogen (secondary N) is 1. The summed E-state index contributed by atoms with van der Waals surface area (Å²) < 4.78 is 0. The highest BCUT2D eigenvalue weighted by atomic mass is 35.5. The Morgan fingerprint density at radius 2 is 1.88 bits per heavy atom. The highest BCUT2D eigenvalue weighted by Crippen LogP contribution is 2.25. The van der Waals surface area contributed by atoms with Gasteiger partial charge in [-0.15, -0.1) is 0 Å². The summed E-state index contributed by atoms with van der Waals surface area (Å²) in [5.74, 6) is 0.635. The SMILES string of the molecule is CC(C)CNCC[C@](C)(O)c1ccc(Cl)cc1. The van der Waals surface area contributed by atoms with Crippen molar-refractivity contribution in [2.75, 3.05) is 13.1 Å². The van der Waals surface area contributed by atoms with Crippen molar-refractivity contribution < 1.29 is 5.11 Å². The van der Waals surface area contributed by atoms with Gasteiger partial charge in [-0.25, -0.2) is 0 Å². The highest BCUT2D eigenvalue weighted by Gasteiger charge is 2.22. The molecule has 1 aromatic carbocycles. The van der Waals surface area contributed by atoms with Crippen molar-refractivity contribution in [1.29, 1.82) is 0 Å². The highest BCUT2D eigenvalue weighted by molar-refractivity contribution is 6.30. The summed E-state index contributed by atoms with van der Waals surface area (Å²) in [6, 6.07) is 7.38. The summed E-state index contributed by atoms with van der Waals surface area (Å²) in [5, 5.41) is 14.4. The van der Waals surface area contributed by atoms with Crippen molar-refractivity contribution in [2.45, 2.75) is 32.8 Å². The number of hydrogen-bond donors (Lipinski definition) is 2. The molecule has 1 rings (SSSR count). The second-order valence-corrected chi connectivity index (χ2v) is 5.57. The van der Waals surface area contributed by atoms with Crippen LogP contribution in [0.3, 0.4) is 0 Å². The maximum absolute atomic E-state index is 10.4. The molecule has 0 aliphatic heterocycles. The largest absolute Gasteiger partial charge is 0.385 e. The fourth-order valence-corrected chi connectivity index (χ4v) is 1.80. The van der Waals surface area contributed by atoms with Crippen LogP contribution in [0.25, 0.3) is 0 Å². The first-order valence-electron chi connectivity index (χ1n) is 6.11. The average Bonchev–Trinajstić information content (AvgIpc) is 2.25. The van der Waals surface area contributed by atoms with E-state index in [1.54, 1.807) is 0 Å². The average molecular weight is 256 g/mol. The molecule has 0 heterocycles. The lowest BCUT2D eigenvalue weighted by atomic mass is 9.92. The lowest BCUT2D eigenvalue weighted by Gasteiger charge is -2.24. The van der Waals surface area contributed by atoms with Gasteiger partial charge in [-0.3, -0.25) is 0 Å². The summed E-state index contributed by atoms with van der Waals surface area (Å²) in [5.41, 5.74) is 0.113. The third-order valence-electron chi connectivity index (χ3n) is 2.81. The molecular formula is C14H22ClNO. The summed E-state index contributed by atoms with van der Waals surface area (Å²) in [6.45, 7) is 7.98. The Kier molecular flexibility index (Phi) is 5.44. The minimum atomic E-state index is -0.797. The summed E-state index contributed by atoms with van der Waals surface area (Å²) in [7, 11) is 0. The van der Waals surface area contributed by atoms with E-state index >= 15 is 0 Å². The Hall–Kier alpha value is -0.570. The van der Waals surface area contributed by atoms with Crippen LogP contribution in [0.15, 0.2) is 24.3 Å². The summed E-state index contributed by atoms with van der Waals surface area (Å²) in [4.78, 5) is 0. The summed E-state index contributed by atoms with van der Waals surface area (Å²) in [6.07, 6.45) is 0.696. The van der Waals surface area contributed by atoms with Crippen molar-refractivity contribution >= 4 is 11.6 Å². The molecular weight excluding hydrogens is 234 g/mol. The van der Waals surface area contributed by atoms with Gasteiger partial charge in [0.05, 0.1) is 5.60 Å². The maximum Gasteiger partial charge on any atom is 0.0880 e. The van der Waals surface area contributed by atoms with Crippen LogP contribution in [0.2, 0.25) is 5.02 Å². The maximum atomic E-state index is 10.4. The fourth-order valence-electron chi connectivity index (χ4n) is 1.68. The van der Waals surface area contributed by atoms with E-state index in [0.717, 1.165) is 18.7 Å². The van der Waals surface area contributed by atoms with Crippen LogP contribution in [-0.4, -0.2) is 18.2 Å². The van der Waals surface area contributed by atoms with Gasteiger partial charge in [-0.2, -0.15) is 0 Å². The van der Waals surface area contributed by atoms with Crippen LogP contribution in [0, 0.1) is 5.92 Å². The van der Waals surface area contributed by atoms with E-state index in [0.29, 0.717) is 17.4 Å². The van der Waals surface area contributed by atoms with Gasteiger partial charge >= 0.3 is 0 Å². The molecule has 96 valence electrons. The third kappa shape index (κ3) is 5.07. The Bertz CT molecular complexity index is 333. The molecule has 0 radical (unpaired) electrons. The molecule has 0 bridgehead atoms. The minimum absolute atomic E-state index is 0.635. The quantitative estimate of drug-likeness (QED) is 0.766. The van der Waals surface area contributed by atoms with Crippen LogP contribution in [-0.2, 0) is 5.60 Å². The molecule has 0 fully saturated rings. The zero-order valence-electron chi connectivity index (χ0n) is 10.8. The Labute approximate surface area is 109 Å². The first kappa shape index (κ1) is 14.5. The van der Waals surface area contributed by atoms with Crippen LogP contribution < -0.4 is 5.32 Å². The lowest BCUT2D eigenvalue weighted by molar-refractivity contribution is 0.0478. The second kappa shape index (κ2) is 6.39. The smallest absolute Gasteiger partial charge is 0.0880 e. The molecule has 1 aromatic rings. The van der Waals surface area contributed by atoms with E-state index in [1.807, 2.05) is 31.2 Å². The molecule has 2 N–H and O–H groups in total. The van der Waals surface area contributed by atoms with Crippen LogP contribution in [0.4, 0.5) is 0 Å². The molecule has 0 saturated carbocycles. The molecule has 17 heavy (non-hydrogen) atoms. The molecule has 1 atom stereocenters. The van der Waals surface area contributed by atoms with Gasteiger partial charge in [-0.1, -0.05) is 37.6 Å². The molecule has 2 nitrogen and oxygen atoms in total. The first-order chi connectivity index (χ1) is 7.92. The van der Waals surface area contributed by atoms with Gasteiger partial charge in [0.25, 0.3) is 0 Å². The van der Waals surface area contributed by atoms with Crippen molar-refractivity contribution in [3.63, 3.8) is 0 Å². The number of benzene rings is 1. The number of hydrogen-bond acceptors (Lipinski definition) is 2. The van der Waals surface area contributed by atoms with Crippen LogP contribution in [0.5, 0.6) is 0 Å². The number of halogens is 1. The fraction of sp³-hybridized carbons (Fsp3) is 0.571. The van der Waals surface area contributed by atoms with E-state index in [9.17, 15) is 5.11 Å². The topological polar surface area (TPSA) is 32.3 Å². The van der Waals surface area contributed by atoms with Gasteiger partial charge in [0, 0.05) is 5.02 Å². The first-order valence-corrected chi connectivity index (χ1v) is 6.49. The van der Waals surface area contributed by atoms with Crippen LogP contribution in [0.1, 0.15) is 32.8 Å². The number of aliphatic hydroxyl groups is 1. The Morgan fingerprint density at radius 1 is 1.29 bits per heavy atom.